The van der Waals surface area contributed by atoms with Crippen molar-refractivity contribution in [2.75, 3.05) is 6.26 Å². The van der Waals surface area contributed by atoms with Crippen molar-refractivity contribution in [3.63, 3.8) is 0 Å². The standard InChI is InChI=1S/C15H16N2S.HI/c1-11-8-9-13(12-6-4-3-5-7-12)14(10-11)17-15(16)18-2;/h3-10H,1-2H3,(H2,16,17);1H. The highest BCUT2D eigenvalue weighted by molar-refractivity contribution is 14.0. The molecule has 0 aliphatic carbocycles. The summed E-state index contributed by atoms with van der Waals surface area (Å²) in [5.41, 5.74) is 10.2. The van der Waals surface area contributed by atoms with Gasteiger partial charge >= 0.3 is 0 Å². The summed E-state index contributed by atoms with van der Waals surface area (Å²) in [6.45, 7) is 2.06. The molecule has 2 N–H and O–H groups in total. The van der Waals surface area contributed by atoms with Gasteiger partial charge in [0.1, 0.15) is 0 Å². The van der Waals surface area contributed by atoms with Crippen LogP contribution in [0, 0.1) is 6.92 Å². The third-order valence-electron chi connectivity index (χ3n) is 2.68. The number of thioether (sulfide) groups is 1. The number of aryl methyl sites for hydroxylation is 1. The molecule has 2 nitrogen and oxygen atoms in total. The first kappa shape index (κ1) is 16.0. The van der Waals surface area contributed by atoms with Crippen LogP contribution >= 0.6 is 35.7 Å². The summed E-state index contributed by atoms with van der Waals surface area (Å²) >= 11 is 1.46. The topological polar surface area (TPSA) is 38.4 Å². The van der Waals surface area contributed by atoms with Crippen LogP contribution in [-0.2, 0) is 0 Å². The SMILES string of the molecule is CSC(N)=Nc1cc(C)ccc1-c1ccccc1.I. The average Bonchev–Trinajstić information content (AvgIpc) is 2.40. The van der Waals surface area contributed by atoms with Gasteiger partial charge in [0, 0.05) is 5.56 Å². The average molecular weight is 384 g/mol. The van der Waals surface area contributed by atoms with Crippen molar-refractivity contribution in [3.8, 4) is 11.1 Å². The molecule has 0 fully saturated rings. The first-order valence-corrected chi connectivity index (χ1v) is 6.97. The van der Waals surface area contributed by atoms with Crippen LogP contribution in [0.2, 0.25) is 0 Å². The van der Waals surface area contributed by atoms with E-state index in [2.05, 4.69) is 42.2 Å². The third-order valence-corrected chi connectivity index (χ3v) is 3.19. The minimum atomic E-state index is 0. The lowest BCUT2D eigenvalue weighted by Crippen LogP contribution is -2.04. The summed E-state index contributed by atoms with van der Waals surface area (Å²) in [5.74, 6) is 0. The molecule has 100 valence electrons. The minimum absolute atomic E-state index is 0. The quantitative estimate of drug-likeness (QED) is 0.467. The summed E-state index contributed by atoms with van der Waals surface area (Å²) < 4.78 is 0. The predicted molar refractivity (Wildman–Crippen MR) is 96.8 cm³/mol. The van der Waals surface area contributed by atoms with Crippen LogP contribution in [0.5, 0.6) is 0 Å². The van der Waals surface area contributed by atoms with Gasteiger partial charge in [0.05, 0.1) is 5.69 Å². The van der Waals surface area contributed by atoms with E-state index in [0.29, 0.717) is 5.17 Å². The molecule has 0 saturated heterocycles. The normalized spacial score (nSPS) is 10.9. The van der Waals surface area contributed by atoms with E-state index in [1.807, 2.05) is 24.5 Å². The van der Waals surface area contributed by atoms with Crippen LogP contribution in [0.3, 0.4) is 0 Å². The maximum atomic E-state index is 5.81. The van der Waals surface area contributed by atoms with Crippen molar-refractivity contribution in [3.05, 3.63) is 54.1 Å². The van der Waals surface area contributed by atoms with E-state index >= 15 is 0 Å². The first-order valence-electron chi connectivity index (χ1n) is 5.75. The highest BCUT2D eigenvalue weighted by Crippen LogP contribution is 2.31. The second-order valence-electron chi connectivity index (χ2n) is 4.04. The molecule has 19 heavy (non-hydrogen) atoms. The minimum Gasteiger partial charge on any atom is -0.378 e. The number of halogens is 1. The van der Waals surface area contributed by atoms with Crippen molar-refractivity contribution in [2.45, 2.75) is 6.92 Å². The fraction of sp³-hybridized carbons (Fsp3) is 0.133. The van der Waals surface area contributed by atoms with Crippen LogP contribution in [0.25, 0.3) is 11.1 Å². The molecule has 0 saturated carbocycles. The maximum Gasteiger partial charge on any atom is 0.158 e. The number of nitrogens with two attached hydrogens (primary N) is 1. The molecule has 2 aromatic carbocycles. The van der Waals surface area contributed by atoms with Crippen LogP contribution in [0.15, 0.2) is 53.5 Å². The first-order chi connectivity index (χ1) is 8.70. The Balaban J connectivity index is 0.00000180. The molecule has 4 heteroatoms. The van der Waals surface area contributed by atoms with Gasteiger partial charge in [-0.1, -0.05) is 54.2 Å². The van der Waals surface area contributed by atoms with Gasteiger partial charge in [-0.05, 0) is 30.4 Å². The smallest absolute Gasteiger partial charge is 0.158 e. The molecule has 0 spiro atoms. The molecular formula is C15H17IN2S. The van der Waals surface area contributed by atoms with Gasteiger partial charge in [-0.15, -0.1) is 24.0 Å². The van der Waals surface area contributed by atoms with Crippen molar-refractivity contribution in [1.82, 2.24) is 0 Å². The fourth-order valence-electron chi connectivity index (χ4n) is 1.76. The van der Waals surface area contributed by atoms with E-state index in [9.17, 15) is 0 Å². The van der Waals surface area contributed by atoms with Gasteiger partial charge in [-0.3, -0.25) is 0 Å². The summed E-state index contributed by atoms with van der Waals surface area (Å²) in [4.78, 5) is 4.47. The Morgan fingerprint density at radius 3 is 2.42 bits per heavy atom. The number of hydrogen-bond acceptors (Lipinski definition) is 2. The summed E-state index contributed by atoms with van der Waals surface area (Å²) in [6, 6.07) is 16.5. The van der Waals surface area contributed by atoms with Crippen LogP contribution in [-0.4, -0.2) is 11.4 Å². The largest absolute Gasteiger partial charge is 0.378 e. The maximum absolute atomic E-state index is 5.81. The van der Waals surface area contributed by atoms with E-state index < -0.39 is 0 Å². The van der Waals surface area contributed by atoms with E-state index in [1.54, 1.807) is 0 Å². The summed E-state index contributed by atoms with van der Waals surface area (Å²) in [7, 11) is 0. The second kappa shape index (κ2) is 7.55. The Bertz CT molecular complexity index is 568. The molecular weight excluding hydrogens is 367 g/mol. The van der Waals surface area contributed by atoms with Gasteiger partial charge in [-0.2, -0.15) is 0 Å². The molecule has 0 aliphatic heterocycles. The lowest BCUT2D eigenvalue weighted by molar-refractivity contribution is 1.42. The van der Waals surface area contributed by atoms with Gasteiger partial charge in [-0.25, -0.2) is 4.99 Å². The zero-order valence-corrected chi connectivity index (χ0v) is 14.1. The highest BCUT2D eigenvalue weighted by Gasteiger charge is 2.05. The highest BCUT2D eigenvalue weighted by atomic mass is 127. The van der Waals surface area contributed by atoms with Crippen LogP contribution in [0.1, 0.15) is 5.56 Å². The molecule has 0 bridgehead atoms. The number of aliphatic imine (C=N–C) groups is 1. The summed E-state index contributed by atoms with van der Waals surface area (Å²) in [6.07, 6.45) is 1.93. The second-order valence-corrected chi connectivity index (χ2v) is 4.87. The Labute approximate surface area is 135 Å². The fourth-order valence-corrected chi connectivity index (χ4v) is 1.95. The number of hydrogen-bond donors (Lipinski definition) is 1. The Hall–Kier alpha value is -1.01. The molecule has 0 atom stereocenters. The van der Waals surface area contributed by atoms with E-state index in [-0.39, 0.29) is 24.0 Å². The molecule has 0 unspecified atom stereocenters. The molecule has 2 aromatic rings. The van der Waals surface area contributed by atoms with Crippen molar-refractivity contribution in [1.29, 1.82) is 0 Å². The molecule has 0 aromatic heterocycles. The van der Waals surface area contributed by atoms with Crippen molar-refractivity contribution in [2.24, 2.45) is 10.7 Å². The molecule has 2 rings (SSSR count). The van der Waals surface area contributed by atoms with Gasteiger partial charge in [0.25, 0.3) is 0 Å². The van der Waals surface area contributed by atoms with Crippen molar-refractivity contribution >= 4 is 46.6 Å². The lowest BCUT2D eigenvalue weighted by atomic mass is 10.0. The molecule has 0 aliphatic rings. The van der Waals surface area contributed by atoms with Crippen LogP contribution in [0.4, 0.5) is 5.69 Å². The summed E-state index contributed by atoms with van der Waals surface area (Å²) in [5, 5.41) is 0.581. The molecule has 0 heterocycles. The van der Waals surface area contributed by atoms with E-state index in [1.165, 1.54) is 17.3 Å². The Kier molecular flexibility index (Phi) is 6.37. The zero-order chi connectivity index (χ0) is 13.0. The Morgan fingerprint density at radius 1 is 1.11 bits per heavy atom. The predicted octanol–water partition coefficient (Wildman–Crippen LogP) is 4.59. The number of amidine groups is 1. The lowest BCUT2D eigenvalue weighted by Gasteiger charge is -2.07. The van der Waals surface area contributed by atoms with Gasteiger partial charge < -0.3 is 5.73 Å². The number of benzene rings is 2. The van der Waals surface area contributed by atoms with Crippen molar-refractivity contribution < 1.29 is 0 Å². The zero-order valence-electron chi connectivity index (χ0n) is 11.0. The monoisotopic (exact) mass is 384 g/mol. The van der Waals surface area contributed by atoms with Gasteiger partial charge in [0.2, 0.25) is 0 Å². The van der Waals surface area contributed by atoms with E-state index in [4.69, 9.17) is 5.73 Å². The van der Waals surface area contributed by atoms with Crippen LogP contribution < -0.4 is 5.73 Å². The van der Waals surface area contributed by atoms with Gasteiger partial charge in [0.15, 0.2) is 5.17 Å². The van der Waals surface area contributed by atoms with E-state index in [0.717, 1.165) is 16.8 Å². The Morgan fingerprint density at radius 2 is 1.79 bits per heavy atom. The number of rotatable bonds is 2. The number of nitrogens with zero attached hydrogens (tertiary/aromatic N) is 1. The molecule has 0 amide bonds. The third kappa shape index (κ3) is 4.24. The molecule has 0 radical (unpaired) electrons.